The molecule has 0 amide bonds. The molecule has 0 aliphatic rings. The molecule has 1 heterocycles. The number of unbranched alkanes of at least 4 members (excludes halogenated alkanes) is 1. The zero-order chi connectivity index (χ0) is 25.5. The summed E-state index contributed by atoms with van der Waals surface area (Å²) < 4.78 is 11.0. The molecule has 186 valence electrons. The van der Waals surface area contributed by atoms with Gasteiger partial charge in [0.05, 0.1) is 19.1 Å². The number of aromatic carboxylic acids is 1. The second-order valence-corrected chi connectivity index (χ2v) is 9.28. The summed E-state index contributed by atoms with van der Waals surface area (Å²) in [6.45, 7) is 9.42. The zero-order valence-corrected chi connectivity index (χ0v) is 20.9. The fourth-order valence-corrected chi connectivity index (χ4v) is 3.64. The molecule has 0 spiro atoms. The van der Waals surface area contributed by atoms with Crippen molar-refractivity contribution in [3.05, 3.63) is 40.6 Å². The van der Waals surface area contributed by atoms with Crippen LogP contribution in [0.1, 0.15) is 80.6 Å². The van der Waals surface area contributed by atoms with Crippen LogP contribution in [0.2, 0.25) is 0 Å². The summed E-state index contributed by atoms with van der Waals surface area (Å²) >= 11 is 0. The quantitative estimate of drug-likeness (QED) is 0.407. The molecule has 0 radical (unpaired) electrons. The molecule has 4 N–H and O–H groups in total. The Labute approximate surface area is 201 Å². The van der Waals surface area contributed by atoms with Crippen molar-refractivity contribution < 1.29 is 24.2 Å². The molecular weight excluding hydrogens is 436 g/mol. The maximum absolute atomic E-state index is 12.5. The number of anilines is 2. The fraction of sp³-hybridized carbons (Fsp3) is 0.520. The van der Waals surface area contributed by atoms with Crippen LogP contribution in [0.3, 0.4) is 0 Å². The molecule has 9 nitrogen and oxygen atoms in total. The van der Waals surface area contributed by atoms with E-state index in [9.17, 15) is 14.7 Å². The largest absolute Gasteiger partial charge is 0.496 e. The Morgan fingerprint density at radius 2 is 1.94 bits per heavy atom. The summed E-state index contributed by atoms with van der Waals surface area (Å²) in [7, 11) is 1.53. The number of nitrogen functional groups attached to an aromatic ring is 1. The summed E-state index contributed by atoms with van der Waals surface area (Å²) in [5, 5.41) is 12.8. The highest BCUT2D eigenvalue weighted by Crippen LogP contribution is 2.28. The number of aryl methyl sites for hydroxylation is 1. The van der Waals surface area contributed by atoms with Crippen molar-refractivity contribution in [2.45, 2.75) is 78.4 Å². The van der Waals surface area contributed by atoms with Gasteiger partial charge in [0.2, 0.25) is 5.95 Å². The van der Waals surface area contributed by atoms with Gasteiger partial charge < -0.3 is 25.6 Å². The van der Waals surface area contributed by atoms with E-state index < -0.39 is 11.6 Å². The second-order valence-electron chi connectivity index (χ2n) is 9.28. The molecule has 0 aliphatic carbocycles. The minimum absolute atomic E-state index is 0.113. The number of nitrogens with one attached hydrogen (secondary N) is 1. The van der Waals surface area contributed by atoms with Crippen molar-refractivity contribution in [1.82, 2.24) is 9.97 Å². The van der Waals surface area contributed by atoms with Gasteiger partial charge in [0, 0.05) is 23.7 Å². The van der Waals surface area contributed by atoms with Crippen LogP contribution in [-0.4, -0.2) is 45.8 Å². The van der Waals surface area contributed by atoms with Crippen LogP contribution in [0.4, 0.5) is 11.8 Å². The lowest BCUT2D eigenvalue weighted by molar-refractivity contribution is -0.155. The van der Waals surface area contributed by atoms with Gasteiger partial charge in [-0.3, -0.25) is 4.79 Å². The second kappa shape index (κ2) is 11.7. The van der Waals surface area contributed by atoms with Crippen molar-refractivity contribution in [1.29, 1.82) is 0 Å². The number of nitrogens with two attached hydrogens (primary N) is 1. The number of esters is 1. The Kier molecular flexibility index (Phi) is 9.23. The normalized spacial score (nSPS) is 12.2. The number of hydrogen-bond donors (Lipinski definition) is 3. The van der Waals surface area contributed by atoms with Crippen LogP contribution in [0.15, 0.2) is 18.2 Å². The molecule has 2 rings (SSSR count). The van der Waals surface area contributed by atoms with Crippen molar-refractivity contribution in [2.24, 2.45) is 0 Å². The Bertz CT molecular complexity index is 1020. The summed E-state index contributed by atoms with van der Waals surface area (Å²) in [5.74, 6) is -0.135. The van der Waals surface area contributed by atoms with E-state index >= 15 is 0 Å². The van der Waals surface area contributed by atoms with Crippen molar-refractivity contribution >= 4 is 23.7 Å². The first-order valence-electron chi connectivity index (χ1n) is 11.4. The van der Waals surface area contributed by atoms with Crippen LogP contribution in [0, 0.1) is 6.92 Å². The predicted molar refractivity (Wildman–Crippen MR) is 131 cm³/mol. The number of carboxylic acids is 1. The number of hydrogen-bond acceptors (Lipinski definition) is 8. The van der Waals surface area contributed by atoms with E-state index in [-0.39, 0.29) is 29.9 Å². The molecule has 2 aromatic rings. The van der Waals surface area contributed by atoms with E-state index in [0.717, 1.165) is 24.8 Å². The zero-order valence-electron chi connectivity index (χ0n) is 20.9. The summed E-state index contributed by atoms with van der Waals surface area (Å²) in [6, 6.07) is 4.49. The number of carboxylic acid groups (broad SMARTS) is 1. The molecule has 1 aromatic carbocycles. The Balaban J connectivity index is 2.41. The topological polar surface area (TPSA) is 137 Å². The van der Waals surface area contributed by atoms with Gasteiger partial charge in [-0.15, -0.1) is 0 Å². The van der Waals surface area contributed by atoms with Crippen molar-refractivity contribution in [3.8, 4) is 5.75 Å². The third kappa shape index (κ3) is 7.90. The molecule has 34 heavy (non-hydrogen) atoms. The van der Waals surface area contributed by atoms with Crippen molar-refractivity contribution in [3.63, 3.8) is 0 Å². The summed E-state index contributed by atoms with van der Waals surface area (Å²) in [5.41, 5.74) is 7.62. The third-order valence-electron chi connectivity index (χ3n) is 5.21. The van der Waals surface area contributed by atoms with E-state index in [1.807, 2.05) is 27.7 Å². The number of methoxy groups -OCH3 is 1. The van der Waals surface area contributed by atoms with Gasteiger partial charge in [0.25, 0.3) is 0 Å². The number of ether oxygens (including phenoxy) is 2. The third-order valence-corrected chi connectivity index (χ3v) is 5.21. The predicted octanol–water partition coefficient (Wildman–Crippen LogP) is 4.37. The molecule has 0 saturated heterocycles. The van der Waals surface area contributed by atoms with Gasteiger partial charge in [0.1, 0.15) is 17.2 Å². The average molecular weight is 473 g/mol. The van der Waals surface area contributed by atoms with Gasteiger partial charge in [-0.25, -0.2) is 9.78 Å². The van der Waals surface area contributed by atoms with Gasteiger partial charge in [-0.05, 0) is 57.9 Å². The highest BCUT2D eigenvalue weighted by atomic mass is 16.6. The maximum Gasteiger partial charge on any atom is 0.335 e. The van der Waals surface area contributed by atoms with E-state index in [1.54, 1.807) is 12.1 Å². The Morgan fingerprint density at radius 1 is 1.24 bits per heavy atom. The van der Waals surface area contributed by atoms with Gasteiger partial charge in [-0.2, -0.15) is 4.98 Å². The van der Waals surface area contributed by atoms with Gasteiger partial charge in [0.15, 0.2) is 0 Å². The average Bonchev–Trinajstić information content (AvgIpc) is 2.72. The lowest BCUT2D eigenvalue weighted by Crippen LogP contribution is -2.30. The molecule has 0 saturated carbocycles. The first kappa shape index (κ1) is 26.9. The summed E-state index contributed by atoms with van der Waals surface area (Å²) in [6.07, 6.45) is 3.15. The molecule has 0 aliphatic heterocycles. The Hall–Kier alpha value is -3.36. The number of rotatable bonds is 11. The van der Waals surface area contributed by atoms with E-state index in [1.165, 1.54) is 13.2 Å². The molecular formula is C25H36N4O5. The van der Waals surface area contributed by atoms with Gasteiger partial charge in [-0.1, -0.05) is 19.8 Å². The molecule has 0 fully saturated rings. The highest BCUT2D eigenvalue weighted by Gasteiger charge is 2.23. The molecule has 1 atom stereocenters. The Morgan fingerprint density at radius 3 is 2.53 bits per heavy atom. The molecule has 1 aromatic heterocycles. The highest BCUT2D eigenvalue weighted by molar-refractivity contribution is 5.88. The van der Waals surface area contributed by atoms with Crippen LogP contribution < -0.4 is 15.8 Å². The minimum atomic E-state index is -1.02. The first-order chi connectivity index (χ1) is 15.9. The fourth-order valence-electron chi connectivity index (χ4n) is 3.64. The monoisotopic (exact) mass is 472 g/mol. The lowest BCUT2D eigenvalue weighted by Gasteiger charge is -2.24. The number of benzene rings is 1. The van der Waals surface area contributed by atoms with Crippen LogP contribution in [0.5, 0.6) is 5.75 Å². The lowest BCUT2D eigenvalue weighted by atomic mass is 10.00. The van der Waals surface area contributed by atoms with Crippen molar-refractivity contribution in [2.75, 3.05) is 18.2 Å². The SMILES string of the molecule is CCCC[C@@H](CC(=O)OC(C)(C)C)Nc1nc(N)nc(C)c1Cc1cc(C(=O)O)ccc1OC. The van der Waals surface area contributed by atoms with E-state index in [0.29, 0.717) is 29.2 Å². The number of carbonyl (C=O) groups is 2. The number of aromatic nitrogens is 2. The maximum atomic E-state index is 12.5. The number of carbonyl (C=O) groups excluding carboxylic acids is 1. The first-order valence-corrected chi connectivity index (χ1v) is 11.4. The number of nitrogens with zero attached hydrogens (tertiary/aromatic N) is 2. The van der Waals surface area contributed by atoms with Crippen LogP contribution in [-0.2, 0) is 16.0 Å². The van der Waals surface area contributed by atoms with Crippen LogP contribution >= 0.6 is 0 Å². The standard InChI is InChI=1S/C25H36N4O5/c1-7-8-9-18(14-21(30)34-25(3,4)5)28-22-19(15(2)27-24(26)29-22)13-17-12-16(23(31)32)10-11-20(17)33-6/h10-12,18H,7-9,13-14H2,1-6H3,(H,31,32)(H3,26,27,28,29)/t18-/m0/s1. The summed E-state index contributed by atoms with van der Waals surface area (Å²) in [4.78, 5) is 32.7. The van der Waals surface area contributed by atoms with E-state index in [4.69, 9.17) is 15.2 Å². The van der Waals surface area contributed by atoms with E-state index in [2.05, 4.69) is 22.2 Å². The van der Waals surface area contributed by atoms with Gasteiger partial charge >= 0.3 is 11.9 Å². The molecule has 0 unspecified atom stereocenters. The molecule has 9 heteroatoms. The molecule has 0 bridgehead atoms. The smallest absolute Gasteiger partial charge is 0.335 e. The van der Waals surface area contributed by atoms with Crippen LogP contribution in [0.25, 0.3) is 0 Å². The minimum Gasteiger partial charge on any atom is -0.496 e.